The van der Waals surface area contributed by atoms with Gasteiger partial charge in [0.05, 0.1) is 6.04 Å². The summed E-state index contributed by atoms with van der Waals surface area (Å²) in [5, 5.41) is 2.48. The topological polar surface area (TPSA) is 20.3 Å². The highest BCUT2D eigenvalue weighted by molar-refractivity contribution is 5.91. The van der Waals surface area contributed by atoms with Crippen molar-refractivity contribution in [2.24, 2.45) is 5.41 Å². The predicted molar refractivity (Wildman–Crippen MR) is 117 cm³/mol. The summed E-state index contributed by atoms with van der Waals surface area (Å²) in [7, 11) is 0. The van der Waals surface area contributed by atoms with Crippen LogP contribution >= 0.6 is 0 Å². The summed E-state index contributed by atoms with van der Waals surface area (Å²) < 4.78 is 0. The van der Waals surface area contributed by atoms with E-state index in [2.05, 4.69) is 88.9 Å². The second-order valence-electron chi connectivity index (χ2n) is 10.7. The van der Waals surface area contributed by atoms with Gasteiger partial charge in [0.1, 0.15) is 0 Å². The normalized spacial score (nSPS) is 14.6. The summed E-state index contributed by atoms with van der Waals surface area (Å²) in [6.07, 6.45) is 0.728. The lowest BCUT2D eigenvalue weighted by Crippen LogP contribution is -2.62. The zero-order chi connectivity index (χ0) is 20.6. The third kappa shape index (κ3) is 4.99. The van der Waals surface area contributed by atoms with Crippen LogP contribution in [-0.2, 0) is 11.2 Å². The maximum atomic E-state index is 13.6. The fourth-order valence-electron chi connectivity index (χ4n) is 4.42. The molecule has 2 rings (SSSR count). The molecular formula is C25H37NO. The van der Waals surface area contributed by atoms with Crippen molar-refractivity contribution in [3.05, 3.63) is 48.0 Å². The minimum atomic E-state index is -0.385. The highest BCUT2D eigenvalue weighted by atomic mass is 16.1. The van der Waals surface area contributed by atoms with Gasteiger partial charge in [0.2, 0.25) is 0 Å². The lowest BCUT2D eigenvalue weighted by atomic mass is 9.79. The molecule has 0 unspecified atom stereocenters. The Morgan fingerprint density at radius 3 is 1.85 bits per heavy atom. The van der Waals surface area contributed by atoms with E-state index in [4.69, 9.17) is 0 Å². The molecule has 0 heterocycles. The fraction of sp³-hybridized carbons (Fsp3) is 0.560. The first-order valence-corrected chi connectivity index (χ1v) is 10.0. The summed E-state index contributed by atoms with van der Waals surface area (Å²) in [4.78, 5) is 16.0. The Kier molecular flexibility index (Phi) is 5.92. The number of Topliss-reactive ketones (excluding diaryl/α,β-unsaturated/α-hetero) is 1. The molecule has 1 atom stereocenters. The molecular weight excluding hydrogens is 330 g/mol. The number of carbonyl (C=O) groups is 1. The number of ketones is 1. The molecule has 2 heteroatoms. The number of carbonyl (C=O) groups excluding carboxylic acids is 1. The molecule has 0 saturated carbocycles. The van der Waals surface area contributed by atoms with E-state index in [-0.39, 0.29) is 22.5 Å². The first-order valence-electron chi connectivity index (χ1n) is 10.0. The van der Waals surface area contributed by atoms with Gasteiger partial charge < -0.3 is 0 Å². The number of rotatable bonds is 4. The van der Waals surface area contributed by atoms with Gasteiger partial charge in [-0.05, 0) is 64.3 Å². The Labute approximate surface area is 166 Å². The van der Waals surface area contributed by atoms with E-state index in [1.807, 2.05) is 20.8 Å². The highest BCUT2D eigenvalue weighted by Crippen LogP contribution is 2.34. The highest BCUT2D eigenvalue weighted by Gasteiger charge is 2.43. The van der Waals surface area contributed by atoms with Crippen LogP contribution in [0.25, 0.3) is 10.8 Å². The first kappa shape index (κ1) is 21.6. The summed E-state index contributed by atoms with van der Waals surface area (Å²) in [5.41, 5.74) is 0.626. The molecule has 0 aliphatic carbocycles. The summed E-state index contributed by atoms with van der Waals surface area (Å²) in [6.45, 7) is 19.4. The Hall–Kier alpha value is -1.67. The van der Waals surface area contributed by atoms with E-state index in [1.54, 1.807) is 0 Å². The van der Waals surface area contributed by atoms with E-state index in [0.29, 0.717) is 5.78 Å². The van der Waals surface area contributed by atoms with E-state index < -0.39 is 0 Å². The van der Waals surface area contributed by atoms with E-state index >= 15 is 0 Å². The minimum Gasteiger partial charge on any atom is -0.297 e. The van der Waals surface area contributed by atoms with Gasteiger partial charge in [-0.1, -0.05) is 63.2 Å². The SMILES string of the molecule is CC(C)(C)C(=O)[C@H](Cc1cccc2ccccc12)N(C(C)(C)C)C(C)(C)C. The zero-order valence-electron chi connectivity index (χ0n) is 18.7. The van der Waals surface area contributed by atoms with Crippen LogP contribution in [0.3, 0.4) is 0 Å². The van der Waals surface area contributed by atoms with Crippen LogP contribution in [0.1, 0.15) is 67.9 Å². The Balaban J connectivity index is 2.61. The monoisotopic (exact) mass is 367 g/mol. The number of benzene rings is 2. The van der Waals surface area contributed by atoms with Gasteiger partial charge in [-0.25, -0.2) is 0 Å². The maximum Gasteiger partial charge on any atom is 0.155 e. The smallest absolute Gasteiger partial charge is 0.155 e. The Bertz CT molecular complexity index is 780. The second kappa shape index (κ2) is 7.39. The van der Waals surface area contributed by atoms with E-state index in [1.165, 1.54) is 16.3 Å². The number of fused-ring (bicyclic) bond motifs is 1. The average molecular weight is 368 g/mol. The van der Waals surface area contributed by atoms with Crippen LogP contribution in [0.4, 0.5) is 0 Å². The molecule has 0 saturated heterocycles. The van der Waals surface area contributed by atoms with Crippen LogP contribution in [-0.4, -0.2) is 27.8 Å². The molecule has 2 aromatic carbocycles. The number of hydrogen-bond donors (Lipinski definition) is 0. The summed E-state index contributed by atoms with van der Waals surface area (Å²) >= 11 is 0. The van der Waals surface area contributed by atoms with Gasteiger partial charge in [-0.3, -0.25) is 9.69 Å². The number of nitrogens with zero attached hydrogens (tertiary/aromatic N) is 1. The summed E-state index contributed by atoms with van der Waals surface area (Å²) in [5.74, 6) is 0.306. The van der Waals surface area contributed by atoms with Crippen molar-refractivity contribution in [3.63, 3.8) is 0 Å². The fourth-order valence-corrected chi connectivity index (χ4v) is 4.42. The molecule has 0 spiro atoms. The molecule has 0 aliphatic rings. The standard InChI is InChI=1S/C25H37NO/c1-23(2,3)22(27)21(26(24(4,5)6)25(7,8)9)17-19-15-12-14-18-13-10-11-16-20(18)19/h10-16,21H,17H2,1-9H3/t21-/m0/s1. The van der Waals surface area contributed by atoms with Gasteiger partial charge in [0.25, 0.3) is 0 Å². The third-order valence-corrected chi connectivity index (χ3v) is 5.09. The molecule has 0 aromatic heterocycles. The van der Waals surface area contributed by atoms with Crippen LogP contribution in [0, 0.1) is 5.41 Å². The van der Waals surface area contributed by atoms with Crippen LogP contribution in [0.5, 0.6) is 0 Å². The van der Waals surface area contributed by atoms with E-state index in [0.717, 1.165) is 6.42 Å². The molecule has 0 N–H and O–H groups in total. The third-order valence-electron chi connectivity index (χ3n) is 5.09. The van der Waals surface area contributed by atoms with Crippen LogP contribution in [0.2, 0.25) is 0 Å². The van der Waals surface area contributed by atoms with Crippen LogP contribution < -0.4 is 0 Å². The predicted octanol–water partition coefficient (Wildman–Crippen LogP) is 6.27. The second-order valence-corrected chi connectivity index (χ2v) is 10.7. The Morgan fingerprint density at radius 2 is 1.33 bits per heavy atom. The quantitative estimate of drug-likeness (QED) is 0.635. The van der Waals surface area contributed by atoms with Crippen molar-refractivity contribution < 1.29 is 4.79 Å². The van der Waals surface area contributed by atoms with Crippen LogP contribution in [0.15, 0.2) is 42.5 Å². The molecule has 0 aliphatic heterocycles. The van der Waals surface area contributed by atoms with Crippen molar-refractivity contribution in [1.29, 1.82) is 0 Å². The van der Waals surface area contributed by atoms with Crippen molar-refractivity contribution in [1.82, 2.24) is 4.90 Å². The molecule has 0 radical (unpaired) electrons. The lowest BCUT2D eigenvalue weighted by molar-refractivity contribution is -0.138. The molecule has 2 nitrogen and oxygen atoms in total. The molecule has 0 fully saturated rings. The minimum absolute atomic E-state index is 0.117. The molecule has 27 heavy (non-hydrogen) atoms. The van der Waals surface area contributed by atoms with Crippen molar-refractivity contribution in [3.8, 4) is 0 Å². The van der Waals surface area contributed by atoms with Gasteiger partial charge in [0, 0.05) is 16.5 Å². The zero-order valence-corrected chi connectivity index (χ0v) is 18.7. The van der Waals surface area contributed by atoms with Gasteiger partial charge in [-0.2, -0.15) is 0 Å². The first-order chi connectivity index (χ1) is 12.2. The molecule has 0 bridgehead atoms. The van der Waals surface area contributed by atoms with Crippen molar-refractivity contribution in [2.75, 3.05) is 0 Å². The molecule has 148 valence electrons. The van der Waals surface area contributed by atoms with Gasteiger partial charge >= 0.3 is 0 Å². The lowest BCUT2D eigenvalue weighted by Gasteiger charge is -2.50. The molecule has 0 amide bonds. The average Bonchev–Trinajstić information content (AvgIpc) is 2.50. The van der Waals surface area contributed by atoms with E-state index in [9.17, 15) is 4.79 Å². The largest absolute Gasteiger partial charge is 0.297 e. The molecule has 2 aromatic rings. The van der Waals surface area contributed by atoms with Gasteiger partial charge in [0.15, 0.2) is 5.78 Å². The maximum absolute atomic E-state index is 13.6. The van der Waals surface area contributed by atoms with Gasteiger partial charge in [-0.15, -0.1) is 0 Å². The van der Waals surface area contributed by atoms with Crippen molar-refractivity contribution >= 4 is 16.6 Å². The summed E-state index contributed by atoms with van der Waals surface area (Å²) in [6, 6.07) is 14.7. The number of hydrogen-bond acceptors (Lipinski definition) is 2. The Morgan fingerprint density at radius 1 is 0.815 bits per heavy atom. The van der Waals surface area contributed by atoms with Crippen molar-refractivity contribution in [2.45, 2.75) is 85.9 Å².